The van der Waals surface area contributed by atoms with Crippen molar-refractivity contribution in [2.45, 2.75) is 270 Å². The van der Waals surface area contributed by atoms with Crippen molar-refractivity contribution in [2.75, 3.05) is 13.1 Å². The van der Waals surface area contributed by atoms with Crippen molar-refractivity contribution in [1.29, 1.82) is 0 Å². The molecule has 0 fully saturated rings. The fraction of sp³-hybridized carbons (Fsp3) is 0.688. The average molecular weight is 1150 g/mol. The van der Waals surface area contributed by atoms with Crippen molar-refractivity contribution in [3.63, 3.8) is 0 Å². The highest BCUT2D eigenvalue weighted by molar-refractivity contribution is 5.97. The molecule has 18 heteroatoms. The van der Waals surface area contributed by atoms with Gasteiger partial charge in [-0.1, -0.05) is 229 Å². The third kappa shape index (κ3) is 37.7. The molecule has 0 bridgehead atoms. The standard InChI is InChI=1S/C64H104N6O12/c1-3-5-7-9-11-13-15-17-19-21-23-25-33-45-55(71)81-57(61(75)69-53(59(65)73)43-35-37-47-67-63(77)79-49-51-39-29-27-30-40-51)58(82-56(72)46-34-26-24-22-20-18-16-14-12-10-8-6-4-2)62(76)70-54(60(66)74)44-36-38-48-68-64(78)80-50-52-41-31-28-32-42-52/h27-32,39-42,53-54,57-58H,3-26,33-38,43-50H2,1-2H3,(H2,65,73)(H2,66,74)(H,67,77)(H,68,78)(H,69,75)(H,70,76)/t53-,54-,57+,58+/m0/s1. The molecule has 0 aliphatic rings. The van der Waals surface area contributed by atoms with Crippen LogP contribution in [0.15, 0.2) is 60.7 Å². The summed E-state index contributed by atoms with van der Waals surface area (Å²) in [6.45, 7) is 4.96. The van der Waals surface area contributed by atoms with Gasteiger partial charge in [0.15, 0.2) is 0 Å². The number of ether oxygens (including phenoxy) is 4. The third-order valence-corrected chi connectivity index (χ3v) is 14.4. The SMILES string of the molecule is CCCCCCCCCCCCCCCC(=O)O[C@@H](C(=O)N[C@@H](CCCCNC(=O)OCc1ccccc1)C(N)=O)[C@@H](OC(=O)CCCCCCCCCCCCCCC)C(=O)N[C@@H](CCCCNC(=O)OCc1ccccc1)C(N)=O. The van der Waals surface area contributed by atoms with Gasteiger partial charge in [-0.3, -0.25) is 28.8 Å². The van der Waals surface area contributed by atoms with Gasteiger partial charge in [0.05, 0.1) is 0 Å². The van der Waals surface area contributed by atoms with Gasteiger partial charge >= 0.3 is 24.1 Å². The minimum atomic E-state index is -2.10. The van der Waals surface area contributed by atoms with Crippen molar-refractivity contribution in [2.24, 2.45) is 11.5 Å². The van der Waals surface area contributed by atoms with Gasteiger partial charge in [-0.15, -0.1) is 0 Å². The topological polar surface area (TPSA) is 274 Å². The van der Waals surface area contributed by atoms with E-state index >= 15 is 0 Å². The number of carbonyl (C=O) groups is 8. The van der Waals surface area contributed by atoms with E-state index in [2.05, 4.69) is 35.1 Å². The third-order valence-electron chi connectivity index (χ3n) is 14.4. The minimum Gasteiger partial charge on any atom is -0.448 e. The number of carbonyl (C=O) groups excluding carboxylic acids is 8. The zero-order valence-electron chi connectivity index (χ0n) is 50.0. The highest BCUT2D eigenvalue weighted by Crippen LogP contribution is 2.18. The van der Waals surface area contributed by atoms with Crippen LogP contribution >= 0.6 is 0 Å². The van der Waals surface area contributed by atoms with Crippen molar-refractivity contribution in [3.8, 4) is 0 Å². The Morgan fingerprint density at radius 2 is 0.683 bits per heavy atom. The minimum absolute atomic E-state index is 0.000491. The van der Waals surface area contributed by atoms with Crippen LogP contribution in [0.4, 0.5) is 9.59 Å². The number of rotatable bonds is 51. The Kier molecular flexibility index (Phi) is 42.4. The Labute approximate surface area is 490 Å². The van der Waals surface area contributed by atoms with E-state index in [1.807, 2.05) is 60.7 Å². The number of hydrogen-bond acceptors (Lipinski definition) is 12. The molecule has 6 amide bonds. The maximum atomic E-state index is 14.4. The van der Waals surface area contributed by atoms with Crippen molar-refractivity contribution in [3.05, 3.63) is 71.8 Å². The first kappa shape index (κ1) is 71.9. The number of hydrogen-bond donors (Lipinski definition) is 6. The monoisotopic (exact) mass is 1150 g/mol. The Morgan fingerprint density at radius 3 is 0.976 bits per heavy atom. The number of unbranched alkanes of at least 4 members (excludes halogenated alkanes) is 26. The molecule has 0 aromatic heterocycles. The lowest BCUT2D eigenvalue weighted by Crippen LogP contribution is -2.58. The van der Waals surface area contributed by atoms with Crippen LogP contribution in [-0.2, 0) is 60.9 Å². The van der Waals surface area contributed by atoms with Crippen molar-refractivity contribution < 1.29 is 57.3 Å². The first-order valence-electron chi connectivity index (χ1n) is 31.3. The molecule has 8 N–H and O–H groups in total. The molecule has 2 aromatic rings. The molecule has 2 rings (SSSR count). The van der Waals surface area contributed by atoms with E-state index < -0.39 is 72.0 Å². The quantitative estimate of drug-likeness (QED) is 0.0205. The van der Waals surface area contributed by atoms with Crippen LogP contribution in [0.1, 0.15) is 243 Å². The van der Waals surface area contributed by atoms with E-state index in [9.17, 15) is 38.4 Å². The highest BCUT2D eigenvalue weighted by atomic mass is 16.6. The molecule has 0 aliphatic heterocycles. The zero-order chi connectivity index (χ0) is 59.7. The number of nitrogens with one attached hydrogen (secondary N) is 4. The number of esters is 2. The first-order chi connectivity index (χ1) is 39.8. The van der Waals surface area contributed by atoms with E-state index in [1.165, 1.54) is 89.9 Å². The number of benzene rings is 2. The number of primary amides is 2. The molecule has 0 saturated carbocycles. The van der Waals surface area contributed by atoms with Crippen molar-refractivity contribution >= 4 is 47.8 Å². The van der Waals surface area contributed by atoms with Crippen LogP contribution < -0.4 is 32.7 Å². The lowest BCUT2D eigenvalue weighted by atomic mass is 10.0. The number of amides is 6. The molecule has 0 aliphatic carbocycles. The molecule has 0 radical (unpaired) electrons. The predicted molar refractivity (Wildman–Crippen MR) is 320 cm³/mol. The smallest absolute Gasteiger partial charge is 0.407 e. The van der Waals surface area contributed by atoms with Crippen LogP contribution in [0.5, 0.6) is 0 Å². The molecule has 82 heavy (non-hydrogen) atoms. The summed E-state index contributed by atoms with van der Waals surface area (Å²) in [5, 5.41) is 10.4. The molecule has 0 heterocycles. The normalized spacial score (nSPS) is 12.5. The Balaban J connectivity index is 2.20. The Morgan fingerprint density at radius 1 is 0.390 bits per heavy atom. The molecule has 18 nitrogen and oxygen atoms in total. The molecule has 4 atom stereocenters. The van der Waals surface area contributed by atoms with E-state index in [1.54, 1.807) is 0 Å². The summed E-state index contributed by atoms with van der Waals surface area (Å²) >= 11 is 0. The molecular formula is C64H104N6O12. The van der Waals surface area contributed by atoms with Gasteiger partial charge in [0.1, 0.15) is 25.3 Å². The maximum Gasteiger partial charge on any atom is 0.407 e. The molecule has 462 valence electrons. The number of alkyl carbamates (subject to hydrolysis) is 2. The van der Waals surface area contributed by atoms with E-state index in [0.29, 0.717) is 38.5 Å². The summed E-state index contributed by atoms with van der Waals surface area (Å²) in [6, 6.07) is 15.7. The fourth-order valence-electron chi connectivity index (χ4n) is 9.44. The fourth-order valence-corrected chi connectivity index (χ4v) is 9.44. The van der Waals surface area contributed by atoms with Crippen LogP contribution in [0, 0.1) is 0 Å². The van der Waals surface area contributed by atoms with E-state index in [0.717, 1.165) is 75.3 Å². The first-order valence-corrected chi connectivity index (χ1v) is 31.3. The van der Waals surface area contributed by atoms with Gasteiger partial charge in [-0.2, -0.15) is 0 Å². The van der Waals surface area contributed by atoms with Crippen LogP contribution in [-0.4, -0.2) is 85.1 Å². The Hall–Kier alpha value is -6.20. The summed E-state index contributed by atoms with van der Waals surface area (Å²) in [4.78, 5) is 107. The predicted octanol–water partition coefficient (Wildman–Crippen LogP) is 11.9. The number of nitrogens with two attached hydrogens (primary N) is 2. The van der Waals surface area contributed by atoms with Crippen LogP contribution in [0.3, 0.4) is 0 Å². The Bertz CT molecular complexity index is 1900. The molecule has 0 spiro atoms. The summed E-state index contributed by atoms with van der Waals surface area (Å²) < 4.78 is 22.1. The van der Waals surface area contributed by atoms with Crippen LogP contribution in [0.25, 0.3) is 0 Å². The summed E-state index contributed by atoms with van der Waals surface area (Å²) in [6.07, 6.45) is 23.8. The largest absolute Gasteiger partial charge is 0.448 e. The van der Waals surface area contributed by atoms with Gasteiger partial charge in [-0.25, -0.2) is 9.59 Å². The van der Waals surface area contributed by atoms with Gasteiger partial charge in [0, 0.05) is 25.9 Å². The molecule has 2 aromatic carbocycles. The van der Waals surface area contributed by atoms with Gasteiger partial charge in [-0.05, 0) is 62.5 Å². The lowest BCUT2D eigenvalue weighted by Gasteiger charge is -2.28. The average Bonchev–Trinajstić information content (AvgIpc) is 3.49. The van der Waals surface area contributed by atoms with Crippen LogP contribution in [0.2, 0.25) is 0 Å². The second-order valence-corrected chi connectivity index (χ2v) is 21.7. The summed E-state index contributed by atoms with van der Waals surface area (Å²) in [5.41, 5.74) is 13.2. The van der Waals surface area contributed by atoms with E-state index in [-0.39, 0.29) is 52.0 Å². The van der Waals surface area contributed by atoms with E-state index in [4.69, 9.17) is 30.4 Å². The summed E-state index contributed by atoms with van der Waals surface area (Å²) in [5.74, 6) is -5.77. The highest BCUT2D eigenvalue weighted by Gasteiger charge is 2.42. The maximum absolute atomic E-state index is 14.4. The second kappa shape index (κ2) is 48.3. The lowest BCUT2D eigenvalue weighted by molar-refractivity contribution is -0.177. The molecule has 0 saturated heterocycles. The molecule has 0 unspecified atom stereocenters. The van der Waals surface area contributed by atoms with Gasteiger partial charge in [0.2, 0.25) is 24.0 Å². The van der Waals surface area contributed by atoms with Gasteiger partial charge in [0.25, 0.3) is 11.8 Å². The van der Waals surface area contributed by atoms with Crippen molar-refractivity contribution in [1.82, 2.24) is 21.3 Å². The van der Waals surface area contributed by atoms with Gasteiger partial charge < -0.3 is 51.7 Å². The zero-order valence-corrected chi connectivity index (χ0v) is 50.0. The second-order valence-electron chi connectivity index (χ2n) is 21.7. The summed E-state index contributed by atoms with van der Waals surface area (Å²) in [7, 11) is 0. The molecular weight excluding hydrogens is 1040 g/mol.